The molecule has 7 aromatic carbocycles. The molecule has 0 aliphatic carbocycles. The molecule has 0 aliphatic rings. The number of fused-ring (bicyclic) bond motifs is 5. The van der Waals surface area contributed by atoms with Crippen LogP contribution in [0.1, 0.15) is 0 Å². The minimum absolute atomic E-state index is 0.617. The average Bonchev–Trinajstić information content (AvgIpc) is 3.54. The Morgan fingerprint density at radius 1 is 0.319 bits per heavy atom. The summed E-state index contributed by atoms with van der Waals surface area (Å²) in [5.74, 6) is 1.88. The molecule has 0 fully saturated rings. The van der Waals surface area contributed by atoms with Crippen LogP contribution in [0.25, 0.3) is 89.1 Å². The number of aromatic nitrogens is 3. The molecule has 2 heterocycles. The molecule has 0 saturated carbocycles. The summed E-state index contributed by atoms with van der Waals surface area (Å²) < 4.78 is 6.46. The number of hydrogen-bond donors (Lipinski definition) is 0. The van der Waals surface area contributed by atoms with Crippen molar-refractivity contribution >= 4 is 32.7 Å². The molecule has 0 aliphatic heterocycles. The van der Waals surface area contributed by atoms with Gasteiger partial charge in [0.1, 0.15) is 11.2 Å². The van der Waals surface area contributed by atoms with E-state index in [1.807, 2.05) is 54.6 Å². The number of nitrogens with zero attached hydrogens (tertiary/aromatic N) is 3. The Balaban J connectivity index is 1.25. The Morgan fingerprint density at radius 2 is 0.809 bits per heavy atom. The van der Waals surface area contributed by atoms with Gasteiger partial charge in [0.25, 0.3) is 0 Å². The highest BCUT2D eigenvalue weighted by Gasteiger charge is 2.18. The second kappa shape index (κ2) is 11.2. The Labute approximate surface area is 271 Å². The number of rotatable bonds is 5. The molecule has 4 nitrogen and oxygen atoms in total. The Kier molecular flexibility index (Phi) is 6.43. The quantitative estimate of drug-likeness (QED) is 0.197. The lowest BCUT2D eigenvalue weighted by atomic mass is 9.94. The minimum atomic E-state index is 0.617. The van der Waals surface area contributed by atoms with Gasteiger partial charge >= 0.3 is 0 Å². The number of hydrogen-bond acceptors (Lipinski definition) is 4. The number of benzene rings is 7. The van der Waals surface area contributed by atoms with Crippen molar-refractivity contribution in [3.8, 4) is 56.4 Å². The highest BCUT2D eigenvalue weighted by Crippen LogP contribution is 2.41. The molecule has 220 valence electrons. The van der Waals surface area contributed by atoms with Crippen LogP contribution in [-0.4, -0.2) is 15.0 Å². The zero-order chi connectivity index (χ0) is 31.2. The highest BCUT2D eigenvalue weighted by atomic mass is 16.3. The molecule has 0 spiro atoms. The summed E-state index contributed by atoms with van der Waals surface area (Å²) in [6.45, 7) is 0. The van der Waals surface area contributed by atoms with E-state index in [9.17, 15) is 0 Å². The van der Waals surface area contributed by atoms with E-state index in [1.54, 1.807) is 0 Å². The molecule has 0 saturated heterocycles. The lowest BCUT2D eigenvalue weighted by Gasteiger charge is -2.12. The van der Waals surface area contributed by atoms with Crippen LogP contribution < -0.4 is 0 Å². The molecular formula is C43H27N3O. The highest BCUT2D eigenvalue weighted by molar-refractivity contribution is 6.19. The van der Waals surface area contributed by atoms with Crippen LogP contribution in [0.4, 0.5) is 0 Å². The fourth-order valence-electron chi connectivity index (χ4n) is 6.38. The van der Waals surface area contributed by atoms with E-state index in [4.69, 9.17) is 19.4 Å². The predicted molar refractivity (Wildman–Crippen MR) is 192 cm³/mol. The standard InChI is InChI=1S/C43H27N3O/c1-4-12-28(13-5-1)29-20-22-32(23-21-29)42-44-41(31-16-8-3-9-17-31)45-43(46-42)33-24-25-35-37(26-33)36(30-14-6-2-7-15-30)27-38-34-18-10-11-19-39(34)47-40(35)38/h1-27H. The monoisotopic (exact) mass is 601 g/mol. The third-order valence-corrected chi connectivity index (χ3v) is 8.74. The Morgan fingerprint density at radius 3 is 1.49 bits per heavy atom. The lowest BCUT2D eigenvalue weighted by Crippen LogP contribution is -2.00. The Bertz CT molecular complexity index is 2540. The maximum Gasteiger partial charge on any atom is 0.164 e. The average molecular weight is 602 g/mol. The third kappa shape index (κ3) is 4.84. The minimum Gasteiger partial charge on any atom is -0.455 e. The van der Waals surface area contributed by atoms with Gasteiger partial charge in [-0.3, -0.25) is 0 Å². The van der Waals surface area contributed by atoms with Gasteiger partial charge in [-0.1, -0.05) is 140 Å². The van der Waals surface area contributed by atoms with Crippen molar-refractivity contribution in [3.63, 3.8) is 0 Å². The zero-order valence-corrected chi connectivity index (χ0v) is 25.3. The lowest BCUT2D eigenvalue weighted by molar-refractivity contribution is 0.672. The molecule has 0 atom stereocenters. The van der Waals surface area contributed by atoms with Crippen LogP contribution in [0, 0.1) is 0 Å². The normalized spacial score (nSPS) is 11.4. The smallest absolute Gasteiger partial charge is 0.164 e. The molecule has 9 rings (SSSR count). The molecule has 2 aromatic heterocycles. The summed E-state index contributed by atoms with van der Waals surface area (Å²) in [5.41, 5.74) is 9.13. The molecule has 0 radical (unpaired) electrons. The zero-order valence-electron chi connectivity index (χ0n) is 25.3. The van der Waals surface area contributed by atoms with Crippen molar-refractivity contribution in [2.24, 2.45) is 0 Å². The van der Waals surface area contributed by atoms with Crippen molar-refractivity contribution in [1.29, 1.82) is 0 Å². The SMILES string of the molecule is c1ccc(-c2ccc(-c3nc(-c4ccccc4)nc(-c4ccc5c(c4)c(-c4ccccc4)cc4c6ccccc6oc54)n3)cc2)cc1. The van der Waals surface area contributed by atoms with E-state index in [0.29, 0.717) is 17.5 Å². The summed E-state index contributed by atoms with van der Waals surface area (Å²) >= 11 is 0. The molecule has 0 bridgehead atoms. The van der Waals surface area contributed by atoms with Crippen LogP contribution in [0.2, 0.25) is 0 Å². The van der Waals surface area contributed by atoms with Crippen molar-refractivity contribution in [2.45, 2.75) is 0 Å². The van der Waals surface area contributed by atoms with E-state index < -0.39 is 0 Å². The fourth-order valence-corrected chi connectivity index (χ4v) is 6.38. The van der Waals surface area contributed by atoms with Gasteiger partial charge in [-0.25, -0.2) is 15.0 Å². The van der Waals surface area contributed by atoms with Gasteiger partial charge in [-0.15, -0.1) is 0 Å². The van der Waals surface area contributed by atoms with Gasteiger partial charge in [0.2, 0.25) is 0 Å². The van der Waals surface area contributed by atoms with Gasteiger partial charge in [-0.05, 0) is 51.9 Å². The molecule has 9 aromatic rings. The van der Waals surface area contributed by atoms with Gasteiger partial charge in [0.15, 0.2) is 17.5 Å². The van der Waals surface area contributed by atoms with Crippen molar-refractivity contribution in [1.82, 2.24) is 15.0 Å². The summed E-state index contributed by atoms with van der Waals surface area (Å²) in [4.78, 5) is 15.0. The first-order valence-corrected chi connectivity index (χ1v) is 15.7. The largest absolute Gasteiger partial charge is 0.455 e. The van der Waals surface area contributed by atoms with Crippen LogP contribution in [-0.2, 0) is 0 Å². The summed E-state index contributed by atoms with van der Waals surface area (Å²) in [7, 11) is 0. The van der Waals surface area contributed by atoms with Crippen molar-refractivity contribution < 1.29 is 4.42 Å². The summed E-state index contributed by atoms with van der Waals surface area (Å²) in [5, 5.41) is 4.34. The number of para-hydroxylation sites is 1. The fraction of sp³-hybridized carbons (Fsp3) is 0. The molecule has 0 N–H and O–H groups in total. The van der Waals surface area contributed by atoms with E-state index in [1.165, 1.54) is 5.56 Å². The maximum atomic E-state index is 6.46. The van der Waals surface area contributed by atoms with Gasteiger partial charge in [0.05, 0.1) is 0 Å². The van der Waals surface area contributed by atoms with Crippen LogP contribution >= 0.6 is 0 Å². The first-order chi connectivity index (χ1) is 23.3. The van der Waals surface area contributed by atoms with E-state index >= 15 is 0 Å². The second-order valence-electron chi connectivity index (χ2n) is 11.6. The van der Waals surface area contributed by atoms with Gasteiger partial charge in [-0.2, -0.15) is 0 Å². The van der Waals surface area contributed by atoms with Crippen LogP contribution in [0.5, 0.6) is 0 Å². The molecule has 4 heteroatoms. The number of furan rings is 1. The predicted octanol–water partition coefficient (Wildman–Crippen LogP) is 11.3. The first-order valence-electron chi connectivity index (χ1n) is 15.7. The van der Waals surface area contributed by atoms with Crippen LogP contribution in [0.15, 0.2) is 168 Å². The summed E-state index contributed by atoms with van der Waals surface area (Å²) in [6, 6.07) is 56.3. The summed E-state index contributed by atoms with van der Waals surface area (Å²) in [6.07, 6.45) is 0. The van der Waals surface area contributed by atoms with E-state index in [0.717, 1.165) is 66.1 Å². The first kappa shape index (κ1) is 27.0. The van der Waals surface area contributed by atoms with Gasteiger partial charge in [0, 0.05) is 32.8 Å². The van der Waals surface area contributed by atoms with Gasteiger partial charge < -0.3 is 4.42 Å². The van der Waals surface area contributed by atoms with E-state index in [-0.39, 0.29) is 0 Å². The molecule has 47 heavy (non-hydrogen) atoms. The third-order valence-electron chi connectivity index (χ3n) is 8.74. The Hall–Kier alpha value is -6.39. The van der Waals surface area contributed by atoms with Crippen molar-refractivity contribution in [2.75, 3.05) is 0 Å². The topological polar surface area (TPSA) is 51.8 Å². The second-order valence-corrected chi connectivity index (χ2v) is 11.6. The molecule has 0 amide bonds. The van der Waals surface area contributed by atoms with E-state index in [2.05, 4.69) is 109 Å². The molecular weight excluding hydrogens is 574 g/mol. The maximum absolute atomic E-state index is 6.46. The van der Waals surface area contributed by atoms with Crippen molar-refractivity contribution in [3.05, 3.63) is 164 Å². The molecule has 0 unspecified atom stereocenters. The van der Waals surface area contributed by atoms with Crippen LogP contribution in [0.3, 0.4) is 0 Å².